The van der Waals surface area contributed by atoms with Gasteiger partial charge in [-0.2, -0.15) is 5.26 Å². The number of fused-ring (bicyclic) bond motifs is 1. The minimum Gasteiger partial charge on any atom is -0.497 e. The van der Waals surface area contributed by atoms with Crippen molar-refractivity contribution in [1.29, 1.82) is 5.26 Å². The Bertz CT molecular complexity index is 1060. The van der Waals surface area contributed by atoms with E-state index in [0.29, 0.717) is 22.0 Å². The quantitative estimate of drug-likeness (QED) is 0.483. The molecule has 0 radical (unpaired) electrons. The molecule has 26 heavy (non-hydrogen) atoms. The van der Waals surface area contributed by atoms with Crippen LogP contribution in [0.3, 0.4) is 0 Å². The van der Waals surface area contributed by atoms with Crippen molar-refractivity contribution in [1.82, 2.24) is 9.55 Å². The first-order valence-corrected chi connectivity index (χ1v) is 9.95. The first-order valence-electron chi connectivity index (χ1n) is 8.25. The van der Waals surface area contributed by atoms with Crippen LogP contribution in [0.4, 0.5) is 0 Å². The van der Waals surface area contributed by atoms with E-state index >= 15 is 0 Å². The van der Waals surface area contributed by atoms with E-state index in [9.17, 15) is 10.1 Å². The van der Waals surface area contributed by atoms with Gasteiger partial charge in [0, 0.05) is 10.9 Å². The lowest BCUT2D eigenvalue weighted by Gasteiger charge is -2.13. The Balaban J connectivity index is 2.35. The molecule has 3 aromatic rings. The predicted molar refractivity (Wildman–Crippen MR) is 107 cm³/mol. The topological polar surface area (TPSA) is 67.9 Å². The smallest absolute Gasteiger partial charge is 0.267 e. The van der Waals surface area contributed by atoms with Gasteiger partial charge in [0.2, 0.25) is 0 Å². The summed E-state index contributed by atoms with van der Waals surface area (Å²) in [5.41, 5.74) is 1.57. The van der Waals surface area contributed by atoms with Gasteiger partial charge in [-0.25, -0.2) is 4.98 Å². The van der Waals surface area contributed by atoms with Crippen LogP contribution in [-0.4, -0.2) is 21.9 Å². The molecule has 1 aromatic carbocycles. The van der Waals surface area contributed by atoms with Crippen molar-refractivity contribution in [2.75, 3.05) is 7.11 Å². The lowest BCUT2D eigenvalue weighted by atomic mass is 10.2. The number of nitrogens with zero attached hydrogens (tertiary/aromatic N) is 3. The van der Waals surface area contributed by atoms with Crippen LogP contribution < -0.4 is 10.3 Å². The van der Waals surface area contributed by atoms with E-state index in [2.05, 4.69) is 13.0 Å². The molecule has 7 heteroatoms. The molecule has 0 unspecified atom stereocenters. The number of benzene rings is 1. The normalized spacial score (nSPS) is 12.1. The van der Waals surface area contributed by atoms with Crippen LogP contribution in [0, 0.1) is 18.3 Å². The maximum atomic E-state index is 13.4. The molecule has 1 atom stereocenters. The molecule has 0 saturated heterocycles. The van der Waals surface area contributed by atoms with Gasteiger partial charge in [-0.3, -0.25) is 9.36 Å². The van der Waals surface area contributed by atoms with Gasteiger partial charge >= 0.3 is 0 Å². The summed E-state index contributed by atoms with van der Waals surface area (Å²) in [6.07, 6.45) is 0.864. The average Bonchev–Trinajstić information content (AvgIpc) is 2.97. The lowest BCUT2D eigenvalue weighted by Crippen LogP contribution is -2.22. The summed E-state index contributed by atoms with van der Waals surface area (Å²) in [7, 11) is 1.59. The molecule has 5 nitrogen and oxygen atoms in total. The number of thioether (sulfide) groups is 1. The summed E-state index contributed by atoms with van der Waals surface area (Å²) >= 11 is 2.84. The minimum atomic E-state index is -0.317. The molecular formula is C19H19N3O2S2. The highest BCUT2D eigenvalue weighted by Crippen LogP contribution is 2.32. The third-order valence-electron chi connectivity index (χ3n) is 4.13. The number of nitriles is 1. The Morgan fingerprint density at radius 2 is 2.23 bits per heavy atom. The van der Waals surface area contributed by atoms with Crippen LogP contribution in [0.2, 0.25) is 0 Å². The van der Waals surface area contributed by atoms with Crippen molar-refractivity contribution >= 4 is 33.3 Å². The number of hydrogen-bond donors (Lipinski definition) is 0. The van der Waals surface area contributed by atoms with Gasteiger partial charge in [0.15, 0.2) is 5.16 Å². The third-order valence-corrected chi connectivity index (χ3v) is 6.40. The number of ether oxygens (including phenoxy) is 1. The zero-order valence-electron chi connectivity index (χ0n) is 15.1. The molecule has 0 aliphatic carbocycles. The van der Waals surface area contributed by atoms with Gasteiger partial charge < -0.3 is 4.74 Å². The fourth-order valence-corrected chi connectivity index (χ4v) is 4.76. The largest absolute Gasteiger partial charge is 0.497 e. The number of rotatable bonds is 5. The van der Waals surface area contributed by atoms with Crippen LogP contribution in [0.15, 0.2) is 34.2 Å². The zero-order chi connectivity index (χ0) is 18.8. The highest BCUT2D eigenvalue weighted by atomic mass is 32.2. The van der Waals surface area contributed by atoms with Gasteiger partial charge in [0.1, 0.15) is 10.6 Å². The fourth-order valence-electron chi connectivity index (χ4n) is 2.79. The second-order valence-corrected chi connectivity index (χ2v) is 8.20. The van der Waals surface area contributed by atoms with Crippen LogP contribution in [0.1, 0.15) is 24.3 Å². The van der Waals surface area contributed by atoms with Gasteiger partial charge in [0.25, 0.3) is 5.56 Å². The summed E-state index contributed by atoms with van der Waals surface area (Å²) in [5.74, 6) is 0.662. The van der Waals surface area contributed by atoms with E-state index in [1.807, 2.05) is 25.1 Å². The number of hydrogen-bond acceptors (Lipinski definition) is 6. The third kappa shape index (κ3) is 3.22. The van der Waals surface area contributed by atoms with Crippen molar-refractivity contribution in [2.45, 2.75) is 37.6 Å². The Hall–Kier alpha value is -2.30. The molecule has 0 amide bonds. The van der Waals surface area contributed by atoms with Crippen LogP contribution >= 0.6 is 23.1 Å². The molecule has 0 spiro atoms. The summed E-state index contributed by atoms with van der Waals surface area (Å²) in [6, 6.07) is 9.52. The van der Waals surface area contributed by atoms with Crippen molar-refractivity contribution in [3.63, 3.8) is 0 Å². The first kappa shape index (κ1) is 18.5. The highest BCUT2D eigenvalue weighted by Gasteiger charge is 2.20. The Morgan fingerprint density at radius 1 is 1.46 bits per heavy atom. The molecule has 0 aliphatic heterocycles. The van der Waals surface area contributed by atoms with Gasteiger partial charge in [-0.05, 0) is 38.0 Å². The summed E-state index contributed by atoms with van der Waals surface area (Å²) < 4.78 is 6.88. The van der Waals surface area contributed by atoms with E-state index in [0.717, 1.165) is 21.7 Å². The highest BCUT2D eigenvalue weighted by molar-refractivity contribution is 8.00. The average molecular weight is 386 g/mol. The van der Waals surface area contributed by atoms with Crippen molar-refractivity contribution in [3.8, 4) is 17.5 Å². The van der Waals surface area contributed by atoms with E-state index < -0.39 is 0 Å². The summed E-state index contributed by atoms with van der Waals surface area (Å²) in [6.45, 7) is 5.85. The second kappa shape index (κ2) is 7.52. The Labute approximate surface area is 160 Å². The number of thiophene rings is 1. The fraction of sp³-hybridized carbons (Fsp3) is 0.316. The van der Waals surface area contributed by atoms with Gasteiger partial charge in [0.05, 0.1) is 29.5 Å². The van der Waals surface area contributed by atoms with Gasteiger partial charge in [-0.15, -0.1) is 11.3 Å². The minimum absolute atomic E-state index is 0.107. The standard InChI is InChI=1S/C19H19N3O2S2/c1-5-15-12(3)16-17(26-15)21-19(25-11(2)10-20)22(18(16)23)13-7-6-8-14(9-13)24-4/h6-9,11H,5H2,1-4H3/t11-/m0/s1. The molecule has 2 heterocycles. The maximum Gasteiger partial charge on any atom is 0.267 e. The lowest BCUT2D eigenvalue weighted by molar-refractivity contribution is 0.414. The molecule has 0 aliphatic rings. The van der Waals surface area contributed by atoms with Gasteiger partial charge in [-0.1, -0.05) is 24.8 Å². The Kier molecular flexibility index (Phi) is 5.35. The molecule has 2 aromatic heterocycles. The van der Waals surface area contributed by atoms with Crippen molar-refractivity contribution in [3.05, 3.63) is 45.1 Å². The van der Waals surface area contributed by atoms with E-state index in [4.69, 9.17) is 9.72 Å². The van der Waals surface area contributed by atoms with Crippen LogP contribution in [-0.2, 0) is 6.42 Å². The second-order valence-electron chi connectivity index (χ2n) is 5.81. The summed E-state index contributed by atoms with van der Waals surface area (Å²) in [5, 5.41) is 10.1. The van der Waals surface area contributed by atoms with E-state index in [1.54, 1.807) is 36.0 Å². The molecule has 0 N–H and O–H groups in total. The summed E-state index contributed by atoms with van der Waals surface area (Å²) in [4.78, 5) is 20.0. The van der Waals surface area contributed by atoms with Crippen molar-refractivity contribution < 1.29 is 4.74 Å². The van der Waals surface area contributed by atoms with E-state index in [-0.39, 0.29) is 10.8 Å². The Morgan fingerprint density at radius 3 is 2.88 bits per heavy atom. The zero-order valence-corrected chi connectivity index (χ0v) is 16.7. The SMILES string of the molecule is CCc1sc2nc(S[C@@H](C)C#N)n(-c3cccc(OC)c3)c(=O)c2c1C. The first-order chi connectivity index (χ1) is 12.5. The number of methoxy groups -OCH3 is 1. The molecular weight excluding hydrogens is 366 g/mol. The molecule has 0 bridgehead atoms. The number of aromatic nitrogens is 2. The molecule has 3 rings (SSSR count). The molecule has 0 saturated carbocycles. The van der Waals surface area contributed by atoms with Crippen LogP contribution in [0.25, 0.3) is 15.9 Å². The van der Waals surface area contributed by atoms with E-state index in [1.165, 1.54) is 11.8 Å². The van der Waals surface area contributed by atoms with Crippen LogP contribution in [0.5, 0.6) is 5.75 Å². The molecule has 0 fully saturated rings. The number of aryl methyl sites for hydroxylation is 2. The maximum absolute atomic E-state index is 13.4. The van der Waals surface area contributed by atoms with Crippen molar-refractivity contribution in [2.24, 2.45) is 0 Å². The predicted octanol–water partition coefficient (Wildman–Crippen LogP) is 4.33. The molecule has 134 valence electrons. The monoisotopic (exact) mass is 385 g/mol.